The van der Waals surface area contributed by atoms with Crippen molar-refractivity contribution in [1.82, 2.24) is 20.3 Å². The number of aromatic nitrogens is 3. The summed E-state index contributed by atoms with van der Waals surface area (Å²) in [4.78, 5) is 25.2. The second-order valence-electron chi connectivity index (χ2n) is 4.76. The van der Waals surface area contributed by atoms with E-state index in [0.29, 0.717) is 28.2 Å². The average molecular weight is 289 g/mol. The van der Waals surface area contributed by atoms with E-state index in [2.05, 4.69) is 20.3 Å². The predicted octanol–water partition coefficient (Wildman–Crippen LogP) is 1.07. The van der Waals surface area contributed by atoms with E-state index in [9.17, 15) is 4.79 Å². The zero-order valence-corrected chi connectivity index (χ0v) is 11.6. The summed E-state index contributed by atoms with van der Waals surface area (Å²) >= 11 is 1.29. The van der Waals surface area contributed by atoms with Crippen LogP contribution < -0.4 is 11.1 Å². The van der Waals surface area contributed by atoms with Gasteiger partial charge in [-0.3, -0.25) is 4.79 Å². The van der Waals surface area contributed by atoms with Gasteiger partial charge in [-0.1, -0.05) is 0 Å². The van der Waals surface area contributed by atoms with E-state index in [0.717, 1.165) is 12.8 Å². The molecular weight excluding hydrogens is 274 g/mol. The number of hydrogen-bond acceptors (Lipinski definition) is 6. The van der Waals surface area contributed by atoms with E-state index in [4.69, 9.17) is 5.73 Å². The molecule has 2 aromatic rings. The Morgan fingerprint density at radius 1 is 1.40 bits per heavy atom. The number of nitrogens with two attached hydrogens (primary N) is 1. The molecule has 6 nitrogen and oxygen atoms in total. The lowest BCUT2D eigenvalue weighted by molar-refractivity contribution is 0.0937. The second-order valence-corrected chi connectivity index (χ2v) is 5.79. The topological polar surface area (TPSA) is 93.8 Å². The molecule has 1 unspecified atom stereocenters. The van der Waals surface area contributed by atoms with Crippen LogP contribution in [-0.4, -0.2) is 33.4 Å². The molecule has 0 saturated heterocycles. The first-order valence-electron chi connectivity index (χ1n) is 6.52. The van der Waals surface area contributed by atoms with Gasteiger partial charge in [-0.2, -0.15) is 0 Å². The molecule has 0 radical (unpaired) electrons. The number of nitrogens with one attached hydrogen (secondary N) is 1. The van der Waals surface area contributed by atoms with E-state index < -0.39 is 0 Å². The highest BCUT2D eigenvalue weighted by atomic mass is 32.1. The molecule has 3 N–H and O–H groups in total. The largest absolute Gasteiger partial charge is 0.347 e. The summed E-state index contributed by atoms with van der Waals surface area (Å²) < 4.78 is 0. The molecule has 2 heterocycles. The fourth-order valence-corrected chi connectivity index (χ4v) is 2.77. The summed E-state index contributed by atoms with van der Waals surface area (Å²) in [6.07, 6.45) is 7.16. The highest BCUT2D eigenvalue weighted by molar-refractivity contribution is 7.16. The van der Waals surface area contributed by atoms with Crippen molar-refractivity contribution in [3.63, 3.8) is 0 Å². The minimum absolute atomic E-state index is 0.0704. The van der Waals surface area contributed by atoms with Gasteiger partial charge in [0.05, 0.1) is 6.20 Å². The van der Waals surface area contributed by atoms with Crippen molar-refractivity contribution in [1.29, 1.82) is 0 Å². The molecule has 2 aromatic heterocycles. The Balaban J connectivity index is 1.71. The fraction of sp³-hybridized carbons (Fsp3) is 0.385. The maximum absolute atomic E-state index is 12.2. The molecule has 104 valence electrons. The van der Waals surface area contributed by atoms with Gasteiger partial charge in [-0.25, -0.2) is 15.0 Å². The van der Waals surface area contributed by atoms with Crippen LogP contribution in [0.25, 0.3) is 10.8 Å². The van der Waals surface area contributed by atoms with E-state index in [1.807, 2.05) is 0 Å². The number of thiazole rings is 1. The molecular formula is C13H15N5OS. The van der Waals surface area contributed by atoms with Gasteiger partial charge in [0.15, 0.2) is 10.8 Å². The normalized spacial score (nSPS) is 15.8. The number of nitrogens with zero attached hydrogens (tertiary/aromatic N) is 3. The standard InChI is InChI=1S/C13H15N5OS/c14-6-9(8-2-3-8)18-12(19)10-7-17-13(20-10)11-15-4-1-5-16-11/h1,4-5,7-9H,2-3,6,14H2,(H,18,19). The minimum atomic E-state index is -0.118. The van der Waals surface area contributed by atoms with Crippen LogP contribution in [0.2, 0.25) is 0 Å². The fourth-order valence-electron chi connectivity index (χ4n) is 2.00. The van der Waals surface area contributed by atoms with Crippen molar-refractivity contribution in [3.8, 4) is 10.8 Å². The minimum Gasteiger partial charge on any atom is -0.347 e. The van der Waals surface area contributed by atoms with Crippen LogP contribution >= 0.6 is 11.3 Å². The van der Waals surface area contributed by atoms with Gasteiger partial charge in [-0.15, -0.1) is 11.3 Å². The lowest BCUT2D eigenvalue weighted by Crippen LogP contribution is -2.41. The number of rotatable bonds is 5. The lowest BCUT2D eigenvalue weighted by Gasteiger charge is -2.14. The lowest BCUT2D eigenvalue weighted by atomic mass is 10.2. The van der Waals surface area contributed by atoms with Crippen LogP contribution in [0.4, 0.5) is 0 Å². The summed E-state index contributed by atoms with van der Waals surface area (Å²) in [5, 5.41) is 3.62. The maximum atomic E-state index is 12.2. The molecule has 0 bridgehead atoms. The Hall–Kier alpha value is -1.86. The van der Waals surface area contributed by atoms with Crippen LogP contribution in [0.5, 0.6) is 0 Å². The van der Waals surface area contributed by atoms with Gasteiger partial charge in [0.2, 0.25) is 0 Å². The summed E-state index contributed by atoms with van der Waals surface area (Å²) in [7, 11) is 0. The first-order valence-corrected chi connectivity index (χ1v) is 7.33. The summed E-state index contributed by atoms with van der Waals surface area (Å²) in [5.41, 5.74) is 5.69. The Morgan fingerprint density at radius 3 is 2.80 bits per heavy atom. The molecule has 1 fully saturated rings. The first-order chi connectivity index (χ1) is 9.78. The smallest absolute Gasteiger partial charge is 0.263 e. The molecule has 3 rings (SSSR count). The quantitative estimate of drug-likeness (QED) is 0.858. The van der Waals surface area contributed by atoms with Gasteiger partial charge >= 0.3 is 0 Å². The molecule has 1 saturated carbocycles. The summed E-state index contributed by atoms with van der Waals surface area (Å²) in [6, 6.07) is 1.81. The highest BCUT2D eigenvalue weighted by Crippen LogP contribution is 2.32. The van der Waals surface area contributed by atoms with Crippen molar-refractivity contribution in [2.75, 3.05) is 6.54 Å². The zero-order chi connectivity index (χ0) is 13.9. The van der Waals surface area contributed by atoms with Crippen molar-refractivity contribution in [2.45, 2.75) is 18.9 Å². The van der Waals surface area contributed by atoms with Crippen molar-refractivity contribution < 1.29 is 4.79 Å². The molecule has 1 aliphatic rings. The van der Waals surface area contributed by atoms with E-state index >= 15 is 0 Å². The third-order valence-corrected chi connectivity index (χ3v) is 4.24. The molecule has 7 heteroatoms. The molecule has 1 atom stereocenters. The molecule has 0 aliphatic heterocycles. The third-order valence-electron chi connectivity index (χ3n) is 3.25. The maximum Gasteiger partial charge on any atom is 0.263 e. The Bertz CT molecular complexity index is 596. The predicted molar refractivity (Wildman–Crippen MR) is 76.2 cm³/mol. The average Bonchev–Trinajstić information content (AvgIpc) is 3.21. The van der Waals surface area contributed by atoms with Crippen LogP contribution in [0.15, 0.2) is 24.7 Å². The SMILES string of the molecule is NCC(NC(=O)c1cnc(-c2ncccn2)s1)C1CC1. The molecule has 0 aromatic carbocycles. The van der Waals surface area contributed by atoms with Crippen molar-refractivity contribution in [2.24, 2.45) is 11.7 Å². The van der Waals surface area contributed by atoms with Crippen molar-refractivity contribution >= 4 is 17.2 Å². The number of amides is 1. The van der Waals surface area contributed by atoms with Crippen LogP contribution in [0.3, 0.4) is 0 Å². The zero-order valence-electron chi connectivity index (χ0n) is 10.8. The van der Waals surface area contributed by atoms with Gasteiger partial charge in [0.1, 0.15) is 4.88 Å². The molecule has 0 spiro atoms. The monoisotopic (exact) mass is 289 g/mol. The molecule has 20 heavy (non-hydrogen) atoms. The van der Waals surface area contributed by atoms with Gasteiger partial charge in [0, 0.05) is 25.0 Å². The number of carbonyl (C=O) groups excluding carboxylic acids is 1. The van der Waals surface area contributed by atoms with E-state index in [1.54, 1.807) is 24.7 Å². The Kier molecular flexibility index (Phi) is 3.70. The highest BCUT2D eigenvalue weighted by Gasteiger charge is 2.31. The van der Waals surface area contributed by atoms with Crippen LogP contribution in [-0.2, 0) is 0 Å². The van der Waals surface area contributed by atoms with Gasteiger partial charge in [0.25, 0.3) is 5.91 Å². The molecule has 1 amide bonds. The Morgan fingerprint density at radius 2 is 2.15 bits per heavy atom. The van der Waals surface area contributed by atoms with Crippen LogP contribution in [0, 0.1) is 5.92 Å². The summed E-state index contributed by atoms with van der Waals surface area (Å²) in [6.45, 7) is 0.476. The van der Waals surface area contributed by atoms with E-state index in [1.165, 1.54) is 11.3 Å². The summed E-state index contributed by atoms with van der Waals surface area (Å²) in [5.74, 6) is 0.954. The second kappa shape index (κ2) is 5.64. The molecule has 1 aliphatic carbocycles. The van der Waals surface area contributed by atoms with Gasteiger partial charge < -0.3 is 11.1 Å². The number of hydrogen-bond donors (Lipinski definition) is 2. The Labute approximate surface area is 120 Å². The van der Waals surface area contributed by atoms with Gasteiger partial charge in [-0.05, 0) is 24.8 Å². The third kappa shape index (κ3) is 2.83. The van der Waals surface area contributed by atoms with Crippen molar-refractivity contribution in [3.05, 3.63) is 29.5 Å². The first kappa shape index (κ1) is 13.1. The number of carbonyl (C=O) groups is 1. The van der Waals surface area contributed by atoms with E-state index in [-0.39, 0.29) is 11.9 Å². The van der Waals surface area contributed by atoms with Crippen LogP contribution in [0.1, 0.15) is 22.5 Å².